The van der Waals surface area contributed by atoms with Crippen LogP contribution in [0.4, 0.5) is 0 Å². The minimum absolute atomic E-state index is 0.899. The van der Waals surface area contributed by atoms with E-state index in [1.807, 2.05) is 12.1 Å². The summed E-state index contributed by atoms with van der Waals surface area (Å²) in [7, 11) is 0. The van der Waals surface area contributed by atoms with E-state index in [2.05, 4.69) is 383 Å². The fourth-order valence-corrected chi connectivity index (χ4v) is 19.6. The highest BCUT2D eigenvalue weighted by Crippen LogP contribution is 2.47. The molecule has 0 bridgehead atoms. The molecule has 15 rings (SSSR count). The van der Waals surface area contributed by atoms with Crippen molar-refractivity contribution in [2.24, 2.45) is 107 Å². The Morgan fingerprint density at radius 3 is 0.655 bits per heavy atom. The molecule has 14 unspecified atom stereocenters. The van der Waals surface area contributed by atoms with Gasteiger partial charge in [-0.05, 0) is 481 Å². The van der Waals surface area contributed by atoms with Crippen LogP contribution in [0.1, 0.15) is 286 Å². The molecule has 648 valence electrons. The molecule has 0 radical (unpaired) electrons. The molecule has 0 amide bonds. The molecule has 0 aliphatic heterocycles. The number of fused-ring (bicyclic) bond motifs is 3. The van der Waals surface area contributed by atoms with Gasteiger partial charge in [-0.15, -0.1) is 0 Å². The van der Waals surface area contributed by atoms with E-state index in [0.717, 1.165) is 118 Å². The second kappa shape index (κ2) is 45.2. The molecule has 10 aromatic carbocycles. The molecule has 119 heavy (non-hydrogen) atoms. The monoisotopic (exact) mass is 1600 g/mol. The van der Waals surface area contributed by atoms with Gasteiger partial charge in [-0.1, -0.05) is 239 Å². The third-order valence-corrected chi connectivity index (χ3v) is 31.9. The predicted molar refractivity (Wildman–Crippen MR) is 531 cm³/mol. The summed E-state index contributed by atoms with van der Waals surface area (Å²) in [4.78, 5) is 0. The van der Waals surface area contributed by atoms with Crippen LogP contribution in [0, 0.1) is 245 Å². The maximum Gasteiger partial charge on any atom is 0.127 e. The molecule has 1 heteroatoms. The number of hydrogen-bond acceptors (Lipinski definition) is 1. The van der Waals surface area contributed by atoms with Gasteiger partial charge in [0, 0.05) is 0 Å². The van der Waals surface area contributed by atoms with Gasteiger partial charge < -0.3 is 4.74 Å². The zero-order valence-corrected chi connectivity index (χ0v) is 82.7. The average Bonchev–Trinajstić information content (AvgIpc) is 1.23. The Morgan fingerprint density at radius 1 is 0.202 bits per heavy atom. The fraction of sp³-hybridized carbons (Fsp3) is 0.542. The summed E-state index contributed by atoms with van der Waals surface area (Å²) < 4.78 is 5.85. The largest absolute Gasteiger partial charge is 0.457 e. The lowest BCUT2D eigenvalue weighted by atomic mass is 9.60. The van der Waals surface area contributed by atoms with E-state index in [1.165, 1.54) is 219 Å². The Morgan fingerprint density at radius 2 is 0.429 bits per heavy atom. The molecule has 14 atom stereocenters. The van der Waals surface area contributed by atoms with Crippen LogP contribution in [0.25, 0.3) is 43.4 Å². The zero-order chi connectivity index (χ0) is 88.5. The Hall–Kier alpha value is -7.22. The van der Waals surface area contributed by atoms with Crippen LogP contribution in [0.2, 0.25) is 0 Å². The minimum Gasteiger partial charge on any atom is -0.457 e. The van der Waals surface area contributed by atoms with Gasteiger partial charge in [0.15, 0.2) is 0 Å². The SMILES string of the molecule is CC1C(C)C(C)C1C.CC1CC(C)C(C)CC1C.CC1CCC(C2CCC(C)C(C)C2)CC1C.CCC1C(C)CC(C)C1C.Cc1cc(C)c(C)cc1C.Cc1cc2cc(C)c(C)cc2cc1C.Cc1cc2cc3cc(C)c(C)cc3cc2cc1C.Cc1ccc(-c2ccc(C)c(C)c2)cc1C.Cc1ccc(Oc2ccc(C)c(C)c2)cc1C. The molecule has 5 fully saturated rings. The van der Waals surface area contributed by atoms with Gasteiger partial charge in [0.1, 0.15) is 11.5 Å². The van der Waals surface area contributed by atoms with Crippen molar-refractivity contribution in [3.63, 3.8) is 0 Å². The lowest BCUT2D eigenvalue weighted by molar-refractivity contribution is 0.0302. The first-order chi connectivity index (χ1) is 55.9. The summed E-state index contributed by atoms with van der Waals surface area (Å²) in [6, 6.07) is 53.0. The van der Waals surface area contributed by atoms with E-state index in [-0.39, 0.29) is 0 Å². The number of hydrogen-bond donors (Lipinski definition) is 0. The molecular weight excluding hydrogens is 1430 g/mol. The van der Waals surface area contributed by atoms with Gasteiger partial charge in [-0.25, -0.2) is 0 Å². The number of aryl methyl sites for hydroxylation is 20. The summed E-state index contributed by atoms with van der Waals surface area (Å²) in [5.41, 5.74) is 29.7. The second-order valence-electron chi connectivity index (χ2n) is 40.8. The lowest BCUT2D eigenvalue weighted by Gasteiger charge is -2.45. The molecule has 5 aliphatic carbocycles. The Kier molecular flexibility index (Phi) is 37.6. The van der Waals surface area contributed by atoms with Crippen molar-refractivity contribution in [1.82, 2.24) is 0 Å². The summed E-state index contributed by atoms with van der Waals surface area (Å²) in [6.07, 6.45) is 14.8. The van der Waals surface area contributed by atoms with E-state index < -0.39 is 0 Å². The van der Waals surface area contributed by atoms with Gasteiger partial charge in [0.05, 0.1) is 0 Å². The number of ether oxygens (including phenoxy) is 1. The van der Waals surface area contributed by atoms with E-state index in [4.69, 9.17) is 4.74 Å². The van der Waals surface area contributed by atoms with Gasteiger partial charge in [-0.3, -0.25) is 0 Å². The highest BCUT2D eigenvalue weighted by molar-refractivity contribution is 5.99. The van der Waals surface area contributed by atoms with Gasteiger partial charge in [0.2, 0.25) is 0 Å². The summed E-state index contributed by atoms with van der Waals surface area (Å²) >= 11 is 0. The predicted octanol–water partition coefficient (Wildman–Crippen LogP) is 35.8. The van der Waals surface area contributed by atoms with Gasteiger partial charge >= 0.3 is 0 Å². The molecule has 5 aliphatic rings. The lowest BCUT2D eigenvalue weighted by Crippen LogP contribution is -2.39. The topological polar surface area (TPSA) is 9.23 Å². The number of rotatable bonds is 5. The maximum atomic E-state index is 5.85. The molecule has 0 aromatic heterocycles. The molecule has 0 heterocycles. The van der Waals surface area contributed by atoms with Crippen LogP contribution < -0.4 is 4.74 Å². The first-order valence-electron chi connectivity index (χ1n) is 47.3. The van der Waals surface area contributed by atoms with Gasteiger partial charge in [0.25, 0.3) is 0 Å². The molecule has 0 N–H and O–H groups in total. The van der Waals surface area contributed by atoms with Crippen molar-refractivity contribution in [3.8, 4) is 22.6 Å². The Labute approximate surface area is 731 Å². The van der Waals surface area contributed by atoms with E-state index >= 15 is 0 Å². The van der Waals surface area contributed by atoms with Crippen molar-refractivity contribution in [3.05, 3.63) is 257 Å². The van der Waals surface area contributed by atoms with E-state index in [1.54, 1.807) is 0 Å². The molecule has 5 saturated carbocycles. The van der Waals surface area contributed by atoms with Crippen LogP contribution in [0.5, 0.6) is 11.5 Å². The van der Waals surface area contributed by atoms with Crippen molar-refractivity contribution in [2.75, 3.05) is 0 Å². The van der Waals surface area contributed by atoms with Crippen LogP contribution >= 0.6 is 0 Å². The highest BCUT2D eigenvalue weighted by Gasteiger charge is 2.39. The van der Waals surface area contributed by atoms with Crippen LogP contribution in [0.15, 0.2) is 146 Å². The molecule has 1 nitrogen and oxygen atoms in total. The number of benzene rings is 10. The highest BCUT2D eigenvalue weighted by atomic mass is 16.5. The summed E-state index contributed by atoms with van der Waals surface area (Å²) in [5, 5.41) is 8.08. The Balaban J connectivity index is 0.000000187. The molecular formula is C118H170O. The zero-order valence-electron chi connectivity index (χ0n) is 82.7. The first-order valence-corrected chi connectivity index (χ1v) is 47.3. The molecule has 0 spiro atoms. The smallest absolute Gasteiger partial charge is 0.127 e. The molecule has 10 aromatic rings. The van der Waals surface area contributed by atoms with Crippen molar-refractivity contribution >= 4 is 32.3 Å². The van der Waals surface area contributed by atoms with E-state index in [9.17, 15) is 0 Å². The standard InChI is InChI=1S/C18H18.C16H18O.C16H30.C16H18.C14H16.C10H20.C10H14.C10H20.C8H16/c1-11-5-15-9-17-7-13(3)14(4)8-18(17)10-16(15)6-12(11)2;1-11-5-7-15(9-13(11)3)17-16-8-6-12(2)14(4)10-16;2*1-11-5-7-15(9-13(11)3)16-8-6-12(2)14(4)10-16;1-9-5-13-7-11(3)12(4)8-14(13)6-10(9)2;2*1-7-5-9(3)10(4)6-8(7)2;1-5-10-8(3)6-7(2)9(10)4;1-5-6(2)8(4)7(5)3/h5-10H,1-4H3;5-10H,1-4H3;11-16H,5-10H2,1-4H3;5-10H,1-4H3;5-8H,1-4H3;7-10H,5-6H2,1-4H3;5-6H,1-4H3;7-10H,5-6H2,1-4H3;5-8H,1-4H3. The van der Waals surface area contributed by atoms with Crippen LogP contribution in [-0.4, -0.2) is 0 Å². The normalized spacial score (nSPS) is 25.4. The second-order valence-corrected chi connectivity index (χ2v) is 40.8. The fourth-order valence-electron chi connectivity index (χ4n) is 19.6. The van der Waals surface area contributed by atoms with Crippen LogP contribution in [-0.2, 0) is 0 Å². The Bertz CT molecular complexity index is 4440. The quantitative estimate of drug-likeness (QED) is 0.156. The third kappa shape index (κ3) is 27.9. The average molecular weight is 1600 g/mol. The van der Waals surface area contributed by atoms with Crippen molar-refractivity contribution < 1.29 is 4.74 Å². The summed E-state index contributed by atoms with van der Waals surface area (Å²) in [5.74, 6) is 19.6. The van der Waals surface area contributed by atoms with Crippen molar-refractivity contribution in [2.45, 2.75) is 313 Å². The summed E-state index contributed by atoms with van der Waals surface area (Å²) in [6.45, 7) is 81.5. The molecule has 0 saturated heterocycles. The van der Waals surface area contributed by atoms with Crippen LogP contribution in [0.3, 0.4) is 0 Å². The maximum absolute atomic E-state index is 5.85. The van der Waals surface area contributed by atoms with E-state index in [0.29, 0.717) is 0 Å². The van der Waals surface area contributed by atoms with Gasteiger partial charge in [-0.2, -0.15) is 0 Å². The minimum atomic E-state index is 0.899. The first kappa shape index (κ1) is 98.9. The van der Waals surface area contributed by atoms with Crippen molar-refractivity contribution in [1.29, 1.82) is 0 Å². The third-order valence-electron chi connectivity index (χ3n) is 31.9.